The van der Waals surface area contributed by atoms with E-state index < -0.39 is 0 Å². The molecule has 0 unspecified atom stereocenters. The first-order valence-corrected chi connectivity index (χ1v) is 8.05. The van der Waals surface area contributed by atoms with Gasteiger partial charge < -0.3 is 14.0 Å². The molecule has 0 fully saturated rings. The number of nitriles is 1. The number of hydrogen-bond acceptors (Lipinski definition) is 6. The SMILES string of the molecule is Cn1c(SCCCC#N)nnc1[C@@H]1COc2ccccc2O1. The van der Waals surface area contributed by atoms with Gasteiger partial charge in [-0.25, -0.2) is 0 Å². The highest BCUT2D eigenvalue weighted by Crippen LogP contribution is 2.35. The molecule has 0 amide bonds. The van der Waals surface area contributed by atoms with Gasteiger partial charge in [-0.3, -0.25) is 0 Å². The van der Waals surface area contributed by atoms with E-state index in [9.17, 15) is 0 Å². The summed E-state index contributed by atoms with van der Waals surface area (Å²) in [6, 6.07) is 9.75. The third-order valence-electron chi connectivity index (χ3n) is 3.33. The van der Waals surface area contributed by atoms with Gasteiger partial charge in [0, 0.05) is 19.2 Å². The Hall–Kier alpha value is -2.20. The average Bonchev–Trinajstić information content (AvgIpc) is 2.92. The van der Waals surface area contributed by atoms with Crippen molar-refractivity contribution in [3.05, 3.63) is 30.1 Å². The molecular weight excluding hydrogens is 300 g/mol. The van der Waals surface area contributed by atoms with Gasteiger partial charge in [0.15, 0.2) is 28.6 Å². The lowest BCUT2D eigenvalue weighted by Crippen LogP contribution is -2.24. The minimum absolute atomic E-state index is 0.263. The lowest BCUT2D eigenvalue weighted by atomic mass is 10.2. The monoisotopic (exact) mass is 316 g/mol. The van der Waals surface area contributed by atoms with Gasteiger partial charge in [-0.1, -0.05) is 23.9 Å². The number of ether oxygens (including phenoxy) is 2. The fourth-order valence-corrected chi connectivity index (χ4v) is 3.05. The normalized spacial score (nSPS) is 16.3. The van der Waals surface area contributed by atoms with Crippen molar-refractivity contribution in [2.45, 2.75) is 24.1 Å². The second-order valence-electron chi connectivity index (χ2n) is 4.87. The number of rotatable bonds is 5. The van der Waals surface area contributed by atoms with E-state index in [1.54, 1.807) is 11.8 Å². The van der Waals surface area contributed by atoms with E-state index >= 15 is 0 Å². The predicted molar refractivity (Wildman–Crippen MR) is 81.9 cm³/mol. The van der Waals surface area contributed by atoms with Crippen LogP contribution in [0.5, 0.6) is 11.5 Å². The molecule has 7 heteroatoms. The predicted octanol–water partition coefficient (Wildman–Crippen LogP) is 2.72. The Bertz CT molecular complexity index is 695. The molecule has 0 radical (unpaired) electrons. The molecular formula is C15H16N4O2S. The Labute approximate surface area is 133 Å². The molecule has 1 aliphatic heterocycles. The third kappa shape index (κ3) is 3.02. The quantitative estimate of drug-likeness (QED) is 0.624. The lowest BCUT2D eigenvalue weighted by Gasteiger charge is -2.25. The summed E-state index contributed by atoms with van der Waals surface area (Å²) < 4.78 is 13.6. The summed E-state index contributed by atoms with van der Waals surface area (Å²) >= 11 is 1.60. The van der Waals surface area contributed by atoms with Crippen LogP contribution in [0, 0.1) is 11.3 Å². The van der Waals surface area contributed by atoms with Crippen LogP contribution in [0.1, 0.15) is 24.8 Å². The molecule has 1 atom stereocenters. The minimum atomic E-state index is -0.263. The largest absolute Gasteiger partial charge is 0.485 e. The second kappa shape index (κ2) is 6.71. The van der Waals surface area contributed by atoms with Crippen LogP contribution in [0.25, 0.3) is 0 Å². The first-order valence-electron chi connectivity index (χ1n) is 7.07. The average molecular weight is 316 g/mol. The molecule has 6 nitrogen and oxygen atoms in total. The molecule has 0 aliphatic carbocycles. The van der Waals surface area contributed by atoms with Crippen LogP contribution >= 0.6 is 11.8 Å². The third-order valence-corrected chi connectivity index (χ3v) is 4.44. The number of fused-ring (bicyclic) bond motifs is 1. The number of benzene rings is 1. The Morgan fingerprint density at radius 3 is 3.00 bits per heavy atom. The zero-order valence-electron chi connectivity index (χ0n) is 12.2. The van der Waals surface area contributed by atoms with Crippen LogP contribution in [-0.4, -0.2) is 27.1 Å². The molecule has 2 heterocycles. The molecule has 114 valence electrons. The van der Waals surface area contributed by atoms with Crippen LogP contribution in [0.3, 0.4) is 0 Å². The molecule has 3 rings (SSSR count). The summed E-state index contributed by atoms with van der Waals surface area (Å²) in [6.45, 7) is 0.419. The van der Waals surface area contributed by atoms with Crippen LogP contribution in [-0.2, 0) is 7.05 Å². The van der Waals surface area contributed by atoms with Gasteiger partial charge in [0.25, 0.3) is 0 Å². The second-order valence-corrected chi connectivity index (χ2v) is 5.94. The van der Waals surface area contributed by atoms with Gasteiger partial charge >= 0.3 is 0 Å². The van der Waals surface area contributed by atoms with E-state index in [2.05, 4.69) is 16.3 Å². The van der Waals surface area contributed by atoms with Crippen LogP contribution in [0.2, 0.25) is 0 Å². The fourth-order valence-electron chi connectivity index (χ4n) is 2.19. The van der Waals surface area contributed by atoms with Crippen molar-refractivity contribution in [2.24, 2.45) is 7.05 Å². The maximum absolute atomic E-state index is 8.55. The Morgan fingerprint density at radius 2 is 2.18 bits per heavy atom. The number of hydrogen-bond donors (Lipinski definition) is 0. The summed E-state index contributed by atoms with van der Waals surface area (Å²) in [4.78, 5) is 0. The molecule has 0 bridgehead atoms. The van der Waals surface area contributed by atoms with Gasteiger partial charge in [0.2, 0.25) is 0 Å². The molecule has 1 aromatic carbocycles. The van der Waals surface area contributed by atoms with Gasteiger partial charge in [0.1, 0.15) is 6.61 Å². The Balaban J connectivity index is 1.69. The summed E-state index contributed by atoms with van der Waals surface area (Å²) in [5, 5.41) is 17.8. The Kier molecular flexibility index (Phi) is 4.49. The molecule has 1 aromatic heterocycles. The zero-order chi connectivity index (χ0) is 15.4. The molecule has 0 saturated heterocycles. The maximum Gasteiger partial charge on any atom is 0.192 e. The number of para-hydroxylation sites is 2. The summed E-state index contributed by atoms with van der Waals surface area (Å²) in [5.74, 6) is 3.08. The van der Waals surface area contributed by atoms with E-state index in [0.717, 1.165) is 34.7 Å². The van der Waals surface area contributed by atoms with Gasteiger partial charge in [0.05, 0.1) is 6.07 Å². The minimum Gasteiger partial charge on any atom is -0.485 e. The van der Waals surface area contributed by atoms with Crippen molar-refractivity contribution in [3.8, 4) is 17.6 Å². The van der Waals surface area contributed by atoms with Crippen molar-refractivity contribution in [2.75, 3.05) is 12.4 Å². The van der Waals surface area contributed by atoms with Crippen molar-refractivity contribution in [1.29, 1.82) is 5.26 Å². The fraction of sp³-hybridized carbons (Fsp3) is 0.400. The summed E-state index contributed by atoms with van der Waals surface area (Å²) in [5.41, 5.74) is 0. The Morgan fingerprint density at radius 1 is 1.36 bits per heavy atom. The number of thioether (sulfide) groups is 1. The van der Waals surface area contributed by atoms with Gasteiger partial charge in [-0.2, -0.15) is 5.26 Å². The van der Waals surface area contributed by atoms with E-state index in [0.29, 0.717) is 13.0 Å². The number of unbranched alkanes of at least 4 members (excludes halogenated alkanes) is 1. The molecule has 2 aromatic rings. The van der Waals surface area contributed by atoms with E-state index in [4.69, 9.17) is 14.7 Å². The number of aromatic nitrogens is 3. The maximum atomic E-state index is 8.55. The molecule has 0 N–H and O–H groups in total. The topological polar surface area (TPSA) is 73.0 Å². The standard InChI is InChI=1S/C15H16N4O2S/c1-19-14(17-18-15(19)22-9-5-4-8-16)13-10-20-11-6-2-3-7-12(11)21-13/h2-3,6-7,13H,4-5,9-10H2,1H3/t13-/m0/s1. The summed E-state index contributed by atoms with van der Waals surface area (Å²) in [6.07, 6.45) is 1.15. The zero-order valence-corrected chi connectivity index (χ0v) is 13.0. The van der Waals surface area contributed by atoms with E-state index in [1.807, 2.05) is 35.9 Å². The van der Waals surface area contributed by atoms with E-state index in [-0.39, 0.29) is 6.10 Å². The molecule has 0 saturated carbocycles. The van der Waals surface area contributed by atoms with Crippen molar-refractivity contribution < 1.29 is 9.47 Å². The van der Waals surface area contributed by atoms with Gasteiger partial charge in [-0.15, -0.1) is 10.2 Å². The molecule has 0 spiro atoms. The van der Waals surface area contributed by atoms with Crippen molar-refractivity contribution >= 4 is 11.8 Å². The van der Waals surface area contributed by atoms with Crippen LogP contribution in [0.4, 0.5) is 0 Å². The van der Waals surface area contributed by atoms with Crippen molar-refractivity contribution in [1.82, 2.24) is 14.8 Å². The van der Waals surface area contributed by atoms with Crippen molar-refractivity contribution in [3.63, 3.8) is 0 Å². The first-order chi connectivity index (χ1) is 10.8. The van der Waals surface area contributed by atoms with Crippen LogP contribution in [0.15, 0.2) is 29.4 Å². The van der Waals surface area contributed by atoms with Crippen LogP contribution < -0.4 is 9.47 Å². The summed E-state index contributed by atoms with van der Waals surface area (Å²) in [7, 11) is 1.92. The first kappa shape index (κ1) is 14.7. The lowest BCUT2D eigenvalue weighted by molar-refractivity contribution is 0.0825. The molecule has 1 aliphatic rings. The number of nitrogens with zero attached hydrogens (tertiary/aromatic N) is 4. The molecule has 22 heavy (non-hydrogen) atoms. The van der Waals surface area contributed by atoms with Gasteiger partial charge in [-0.05, 0) is 18.6 Å². The highest BCUT2D eigenvalue weighted by molar-refractivity contribution is 7.99. The van der Waals surface area contributed by atoms with E-state index in [1.165, 1.54) is 0 Å². The highest BCUT2D eigenvalue weighted by Gasteiger charge is 2.27. The highest BCUT2D eigenvalue weighted by atomic mass is 32.2. The smallest absolute Gasteiger partial charge is 0.192 e.